The quantitative estimate of drug-likeness (QED) is 0.572. The molecule has 3 heterocycles. The maximum atomic E-state index is 12.2. The predicted molar refractivity (Wildman–Crippen MR) is 117 cm³/mol. The molecule has 1 spiro atoms. The Hall–Kier alpha value is -2.65. The lowest BCUT2D eigenvalue weighted by atomic mass is 10.0. The number of carbonyl (C=O) groups excluding carboxylic acids is 2. The molecule has 2 aliphatic rings. The molecule has 0 bridgehead atoms. The van der Waals surface area contributed by atoms with E-state index in [0.29, 0.717) is 38.8 Å². The van der Waals surface area contributed by atoms with Crippen LogP contribution in [0, 0.1) is 0 Å². The number of benzene rings is 1. The number of esters is 2. The van der Waals surface area contributed by atoms with Crippen LogP contribution in [0.3, 0.4) is 0 Å². The highest BCUT2D eigenvalue weighted by molar-refractivity contribution is 5.90. The minimum atomic E-state index is -0.446. The summed E-state index contributed by atoms with van der Waals surface area (Å²) in [5.41, 5.74) is 2.72. The number of imidazole rings is 1. The molecule has 0 unspecified atom stereocenters. The van der Waals surface area contributed by atoms with E-state index in [9.17, 15) is 9.59 Å². The van der Waals surface area contributed by atoms with E-state index in [1.165, 1.54) is 0 Å². The van der Waals surface area contributed by atoms with Crippen molar-refractivity contribution in [2.45, 2.75) is 51.9 Å². The summed E-state index contributed by atoms with van der Waals surface area (Å²) in [6, 6.07) is 6.01. The second kappa shape index (κ2) is 9.87. The predicted octanol–water partition coefficient (Wildman–Crippen LogP) is 2.44. The van der Waals surface area contributed by atoms with Crippen LogP contribution in [0.15, 0.2) is 18.2 Å². The minimum Gasteiger partial charge on any atom is -0.466 e. The van der Waals surface area contributed by atoms with Crippen molar-refractivity contribution in [3.05, 3.63) is 24.0 Å². The third kappa shape index (κ3) is 4.73. The van der Waals surface area contributed by atoms with Gasteiger partial charge >= 0.3 is 11.9 Å². The highest BCUT2D eigenvalue weighted by Crippen LogP contribution is 2.35. The van der Waals surface area contributed by atoms with Crippen LogP contribution < -0.4 is 4.90 Å². The van der Waals surface area contributed by atoms with Crippen LogP contribution in [0.4, 0.5) is 5.69 Å². The summed E-state index contributed by atoms with van der Waals surface area (Å²) in [4.78, 5) is 31.3. The van der Waals surface area contributed by atoms with Crippen molar-refractivity contribution < 1.29 is 28.5 Å². The molecular weight excluding hydrogens is 414 g/mol. The van der Waals surface area contributed by atoms with E-state index in [1.807, 2.05) is 22.8 Å². The van der Waals surface area contributed by atoms with Crippen LogP contribution in [0.5, 0.6) is 0 Å². The van der Waals surface area contributed by atoms with Gasteiger partial charge < -0.3 is 28.4 Å². The Labute approximate surface area is 187 Å². The highest BCUT2D eigenvalue weighted by Gasteiger charge is 2.40. The molecule has 4 rings (SSSR count). The Morgan fingerprint density at radius 3 is 2.44 bits per heavy atom. The molecule has 2 saturated heterocycles. The number of aryl methyl sites for hydroxylation is 1. The molecule has 2 aliphatic heterocycles. The van der Waals surface area contributed by atoms with Gasteiger partial charge in [0.15, 0.2) is 5.79 Å². The van der Waals surface area contributed by atoms with Crippen LogP contribution in [-0.4, -0.2) is 66.8 Å². The zero-order valence-corrected chi connectivity index (χ0v) is 18.8. The molecule has 32 heavy (non-hydrogen) atoms. The average Bonchev–Trinajstić information content (AvgIpc) is 3.37. The van der Waals surface area contributed by atoms with Crippen molar-refractivity contribution in [1.29, 1.82) is 0 Å². The van der Waals surface area contributed by atoms with E-state index in [4.69, 9.17) is 23.9 Å². The summed E-state index contributed by atoms with van der Waals surface area (Å²) in [5.74, 6) is -0.466. The molecule has 1 aromatic heterocycles. The maximum Gasteiger partial charge on any atom is 0.313 e. The fourth-order valence-corrected chi connectivity index (χ4v) is 4.47. The number of aromatic nitrogens is 2. The average molecular weight is 446 g/mol. The highest BCUT2D eigenvalue weighted by atomic mass is 16.7. The second-order valence-electron chi connectivity index (χ2n) is 7.96. The Kier molecular flexibility index (Phi) is 6.95. The monoisotopic (exact) mass is 445 g/mol. The number of carbonyl (C=O) groups is 2. The van der Waals surface area contributed by atoms with Gasteiger partial charge in [0.1, 0.15) is 17.8 Å². The number of anilines is 1. The van der Waals surface area contributed by atoms with Gasteiger partial charge in [-0.25, -0.2) is 4.98 Å². The minimum absolute atomic E-state index is 0.0512. The SMILES string of the molecule is CCOC(=O)CCn1c(CC(=O)OCC)nc2c(N3CCC4(CC3)OCCO4)cccc21. The van der Waals surface area contributed by atoms with Crippen molar-refractivity contribution in [1.82, 2.24) is 9.55 Å². The van der Waals surface area contributed by atoms with Gasteiger partial charge in [0.25, 0.3) is 0 Å². The van der Waals surface area contributed by atoms with Gasteiger partial charge in [-0.2, -0.15) is 0 Å². The first-order valence-corrected chi connectivity index (χ1v) is 11.4. The van der Waals surface area contributed by atoms with Crippen LogP contribution >= 0.6 is 0 Å². The zero-order chi connectivity index (χ0) is 22.6. The van der Waals surface area contributed by atoms with Gasteiger partial charge in [-0.05, 0) is 26.0 Å². The molecule has 1 aromatic carbocycles. The largest absolute Gasteiger partial charge is 0.466 e. The van der Waals surface area contributed by atoms with Crippen molar-refractivity contribution in [3.63, 3.8) is 0 Å². The number of ether oxygens (including phenoxy) is 4. The van der Waals surface area contributed by atoms with E-state index >= 15 is 0 Å². The molecule has 0 saturated carbocycles. The lowest BCUT2D eigenvalue weighted by Crippen LogP contribution is -2.45. The van der Waals surface area contributed by atoms with E-state index in [0.717, 1.165) is 42.7 Å². The normalized spacial score (nSPS) is 17.8. The van der Waals surface area contributed by atoms with E-state index in [2.05, 4.69) is 4.90 Å². The summed E-state index contributed by atoms with van der Waals surface area (Å²) in [5, 5.41) is 0. The van der Waals surface area contributed by atoms with Crippen molar-refractivity contribution in [2.75, 3.05) is 44.4 Å². The van der Waals surface area contributed by atoms with E-state index in [1.54, 1.807) is 13.8 Å². The molecule has 174 valence electrons. The number of nitrogens with zero attached hydrogens (tertiary/aromatic N) is 3. The summed E-state index contributed by atoms with van der Waals surface area (Å²) in [6.45, 7) is 7.49. The van der Waals surface area contributed by atoms with E-state index < -0.39 is 5.79 Å². The summed E-state index contributed by atoms with van der Waals surface area (Å²) in [7, 11) is 0. The Balaban J connectivity index is 1.61. The lowest BCUT2D eigenvalue weighted by molar-refractivity contribution is -0.169. The summed E-state index contributed by atoms with van der Waals surface area (Å²) < 4.78 is 23.9. The Bertz CT molecular complexity index is 956. The number of hydrogen-bond acceptors (Lipinski definition) is 8. The molecule has 2 aromatic rings. The molecule has 0 radical (unpaired) electrons. The standard InChI is InChI=1S/C23H31N3O6/c1-3-29-20(27)8-11-26-18-7-5-6-17(22(18)24-19(26)16-21(28)30-4-2)25-12-9-23(10-13-25)31-14-15-32-23/h5-7H,3-4,8-16H2,1-2H3. The first-order chi connectivity index (χ1) is 15.5. The number of fused-ring (bicyclic) bond motifs is 1. The van der Waals surface area contributed by atoms with E-state index in [-0.39, 0.29) is 24.8 Å². The molecule has 9 nitrogen and oxygen atoms in total. The first-order valence-electron chi connectivity index (χ1n) is 11.4. The van der Waals surface area contributed by atoms with Crippen molar-refractivity contribution >= 4 is 28.7 Å². The van der Waals surface area contributed by atoms with Crippen LogP contribution in [0.2, 0.25) is 0 Å². The molecule has 0 aliphatic carbocycles. The van der Waals surface area contributed by atoms with Gasteiger partial charge in [-0.3, -0.25) is 9.59 Å². The molecular formula is C23H31N3O6. The molecule has 0 N–H and O–H groups in total. The van der Waals surface area contributed by atoms with Crippen LogP contribution in [0.25, 0.3) is 11.0 Å². The Morgan fingerprint density at radius 1 is 1.06 bits per heavy atom. The molecule has 9 heteroatoms. The van der Waals surface area contributed by atoms with Gasteiger partial charge in [0.05, 0.1) is 44.1 Å². The fourth-order valence-electron chi connectivity index (χ4n) is 4.47. The molecule has 0 atom stereocenters. The van der Waals surface area contributed by atoms with Crippen LogP contribution in [-0.2, 0) is 41.5 Å². The number of piperidine rings is 1. The number of rotatable bonds is 8. The topological polar surface area (TPSA) is 92.1 Å². The van der Waals surface area contributed by atoms with Crippen LogP contribution in [0.1, 0.15) is 38.9 Å². The van der Waals surface area contributed by atoms with Crippen molar-refractivity contribution in [2.24, 2.45) is 0 Å². The van der Waals surface area contributed by atoms with Gasteiger partial charge in [0, 0.05) is 32.5 Å². The third-order valence-corrected chi connectivity index (χ3v) is 5.97. The lowest BCUT2D eigenvalue weighted by Gasteiger charge is -2.38. The fraction of sp³-hybridized carbons (Fsp3) is 0.609. The summed E-state index contributed by atoms with van der Waals surface area (Å²) >= 11 is 0. The van der Waals surface area contributed by atoms with Gasteiger partial charge in [0.2, 0.25) is 0 Å². The van der Waals surface area contributed by atoms with Gasteiger partial charge in [-0.15, -0.1) is 0 Å². The number of hydrogen-bond donors (Lipinski definition) is 0. The molecule has 0 amide bonds. The second-order valence-corrected chi connectivity index (χ2v) is 7.96. The first kappa shape index (κ1) is 22.5. The number of para-hydroxylation sites is 1. The van der Waals surface area contributed by atoms with Crippen molar-refractivity contribution in [3.8, 4) is 0 Å². The molecule has 2 fully saturated rings. The summed E-state index contributed by atoms with van der Waals surface area (Å²) in [6.07, 6.45) is 1.85. The maximum absolute atomic E-state index is 12.2. The Morgan fingerprint density at radius 2 is 1.75 bits per heavy atom. The third-order valence-electron chi connectivity index (χ3n) is 5.97. The smallest absolute Gasteiger partial charge is 0.313 e. The zero-order valence-electron chi connectivity index (χ0n) is 18.8. The van der Waals surface area contributed by atoms with Gasteiger partial charge in [-0.1, -0.05) is 6.07 Å².